The summed E-state index contributed by atoms with van der Waals surface area (Å²) in [7, 11) is 0. The summed E-state index contributed by atoms with van der Waals surface area (Å²) in [6, 6.07) is 23.5. The Morgan fingerprint density at radius 2 is 1.62 bits per heavy atom. The number of benzene rings is 4. The summed E-state index contributed by atoms with van der Waals surface area (Å²) in [6.07, 6.45) is 6.78. The lowest BCUT2D eigenvalue weighted by Gasteiger charge is -2.38. The first-order chi connectivity index (χ1) is 21.8. The molecular weight excluding hydrogens is 612 g/mol. The zero-order valence-corrected chi connectivity index (χ0v) is 26.5. The summed E-state index contributed by atoms with van der Waals surface area (Å²) >= 11 is 7.09. The van der Waals surface area contributed by atoms with E-state index in [9.17, 15) is 4.79 Å². The number of carbonyl (C=O) groups excluding carboxylic acids is 1. The number of fused-ring (bicyclic) bond motifs is 1. The number of amides is 1. The molecule has 1 saturated heterocycles. The third-order valence-electron chi connectivity index (χ3n) is 9.28. The monoisotopic (exact) mass is 647 g/mol. The van der Waals surface area contributed by atoms with Gasteiger partial charge in [0.25, 0.3) is 5.92 Å². The molecule has 45 heavy (non-hydrogen) atoms. The molecule has 1 spiro atoms. The highest BCUT2D eigenvalue weighted by Crippen LogP contribution is 2.40. The van der Waals surface area contributed by atoms with Crippen LogP contribution in [0.4, 0.5) is 8.78 Å². The van der Waals surface area contributed by atoms with E-state index in [0.717, 1.165) is 70.2 Å². The average molecular weight is 648 g/mol. The molecule has 234 valence electrons. The van der Waals surface area contributed by atoms with Gasteiger partial charge in [0.05, 0.1) is 6.10 Å². The summed E-state index contributed by atoms with van der Waals surface area (Å²) in [5.74, 6) is -3.20. The van der Waals surface area contributed by atoms with Crippen molar-refractivity contribution in [2.24, 2.45) is 0 Å². The maximum atomic E-state index is 16.4. The predicted octanol–water partition coefficient (Wildman–Crippen LogP) is 8.20. The van der Waals surface area contributed by atoms with Crippen LogP contribution in [0.2, 0.25) is 5.02 Å². The molecule has 2 saturated carbocycles. The van der Waals surface area contributed by atoms with Crippen molar-refractivity contribution < 1.29 is 18.3 Å². The number of nitrogens with one attached hydrogen (secondary N) is 2. The van der Waals surface area contributed by atoms with Crippen molar-refractivity contribution in [2.75, 3.05) is 19.6 Å². The standard InChI is InChI=1S/C36H36ClF2N3O2S/c37-29-13-7-25(8-14-29)24-5-11-28(12-6-24)36(38,39)33(34(43)42-20-19-40-35(23-42)17-18-35)41-45-32-16-10-26-21-31(15-9-27(26)22-32)44-30-3-1-2-4-30/h5-16,21-22,30,33,40-41H,1-4,17-20,23H2. The Kier molecular flexibility index (Phi) is 8.50. The molecular formula is C36H36ClF2N3O2S. The molecule has 3 fully saturated rings. The van der Waals surface area contributed by atoms with E-state index in [0.29, 0.717) is 24.7 Å². The van der Waals surface area contributed by atoms with E-state index in [-0.39, 0.29) is 17.2 Å². The molecule has 9 heteroatoms. The molecule has 4 aromatic rings. The molecule has 7 rings (SSSR count). The Balaban J connectivity index is 1.12. The van der Waals surface area contributed by atoms with Crippen LogP contribution in [0.15, 0.2) is 89.8 Å². The first-order valence-corrected chi connectivity index (χ1v) is 16.9. The normalized spacial score (nSPS) is 18.8. The van der Waals surface area contributed by atoms with E-state index >= 15 is 8.78 Å². The van der Waals surface area contributed by atoms with Crippen molar-refractivity contribution in [3.8, 4) is 16.9 Å². The smallest absolute Gasteiger partial charge is 0.298 e. The first-order valence-electron chi connectivity index (χ1n) is 15.7. The second-order valence-electron chi connectivity index (χ2n) is 12.5. The van der Waals surface area contributed by atoms with Crippen LogP contribution in [0.1, 0.15) is 44.1 Å². The van der Waals surface area contributed by atoms with Gasteiger partial charge in [-0.3, -0.25) is 4.79 Å². The number of rotatable bonds is 9. The molecule has 3 aliphatic rings. The zero-order valence-electron chi connectivity index (χ0n) is 24.9. The van der Waals surface area contributed by atoms with Gasteiger partial charge in [0.15, 0.2) is 6.04 Å². The topological polar surface area (TPSA) is 53.6 Å². The number of alkyl halides is 2. The van der Waals surface area contributed by atoms with Crippen molar-refractivity contribution in [2.45, 2.75) is 67.0 Å². The Morgan fingerprint density at radius 3 is 2.33 bits per heavy atom. The van der Waals surface area contributed by atoms with Crippen LogP contribution < -0.4 is 14.8 Å². The molecule has 1 aliphatic heterocycles. The maximum absolute atomic E-state index is 16.4. The van der Waals surface area contributed by atoms with Crippen LogP contribution in [0.5, 0.6) is 5.75 Å². The minimum absolute atomic E-state index is 0.125. The highest BCUT2D eigenvalue weighted by molar-refractivity contribution is 7.97. The van der Waals surface area contributed by atoms with Gasteiger partial charge in [-0.1, -0.05) is 60.1 Å². The van der Waals surface area contributed by atoms with Crippen LogP contribution in [0.3, 0.4) is 0 Å². The van der Waals surface area contributed by atoms with E-state index < -0.39 is 17.9 Å². The lowest BCUT2D eigenvalue weighted by Crippen LogP contribution is -2.60. The van der Waals surface area contributed by atoms with Gasteiger partial charge in [-0.15, -0.1) is 0 Å². The van der Waals surface area contributed by atoms with Crippen molar-refractivity contribution in [1.82, 2.24) is 14.9 Å². The lowest BCUT2D eigenvalue weighted by atomic mass is 9.97. The van der Waals surface area contributed by atoms with Gasteiger partial charge < -0.3 is 15.0 Å². The number of hydrogen-bond acceptors (Lipinski definition) is 5. The summed E-state index contributed by atoms with van der Waals surface area (Å²) in [5, 5.41) is 6.07. The fourth-order valence-electron chi connectivity index (χ4n) is 6.45. The van der Waals surface area contributed by atoms with Crippen LogP contribution in [-0.2, 0) is 10.7 Å². The van der Waals surface area contributed by atoms with Gasteiger partial charge in [-0.05, 0) is 109 Å². The molecule has 5 nitrogen and oxygen atoms in total. The van der Waals surface area contributed by atoms with Crippen LogP contribution in [0, 0.1) is 0 Å². The second-order valence-corrected chi connectivity index (χ2v) is 13.9. The Bertz CT molecular complexity index is 1670. The van der Waals surface area contributed by atoms with Crippen LogP contribution in [-0.4, -0.2) is 48.1 Å². The third-order valence-corrected chi connectivity index (χ3v) is 10.4. The average Bonchev–Trinajstić information content (AvgIpc) is 3.58. The summed E-state index contributed by atoms with van der Waals surface area (Å²) in [5.41, 5.74) is 1.33. The maximum Gasteiger partial charge on any atom is 0.298 e. The van der Waals surface area contributed by atoms with Gasteiger partial charge in [0.2, 0.25) is 5.91 Å². The highest BCUT2D eigenvalue weighted by atomic mass is 35.5. The molecule has 1 amide bonds. The van der Waals surface area contributed by atoms with Crippen LogP contribution >= 0.6 is 23.5 Å². The molecule has 2 N–H and O–H groups in total. The number of piperazine rings is 1. The minimum atomic E-state index is -3.46. The molecule has 4 aromatic carbocycles. The molecule has 0 bridgehead atoms. The number of hydrogen-bond donors (Lipinski definition) is 2. The largest absolute Gasteiger partial charge is 0.490 e. The fraction of sp³-hybridized carbons (Fsp3) is 0.361. The Morgan fingerprint density at radius 1 is 0.956 bits per heavy atom. The van der Waals surface area contributed by atoms with Crippen molar-refractivity contribution in [1.29, 1.82) is 0 Å². The Labute approximate surface area is 271 Å². The second kappa shape index (κ2) is 12.6. The zero-order chi connectivity index (χ0) is 31.0. The van der Waals surface area contributed by atoms with Crippen LogP contribution in [0.25, 0.3) is 21.9 Å². The molecule has 0 radical (unpaired) electrons. The van der Waals surface area contributed by atoms with Crippen molar-refractivity contribution in [3.63, 3.8) is 0 Å². The molecule has 1 heterocycles. The van der Waals surface area contributed by atoms with Crippen molar-refractivity contribution >= 4 is 40.2 Å². The lowest BCUT2D eigenvalue weighted by molar-refractivity contribution is -0.145. The molecule has 1 unspecified atom stereocenters. The van der Waals surface area contributed by atoms with Gasteiger partial charge >= 0.3 is 0 Å². The quantitative estimate of drug-likeness (QED) is 0.179. The summed E-state index contributed by atoms with van der Waals surface area (Å²) in [4.78, 5) is 16.2. The number of halogens is 3. The van der Waals surface area contributed by atoms with Gasteiger partial charge in [0.1, 0.15) is 5.75 Å². The molecule has 2 aliphatic carbocycles. The number of carbonyl (C=O) groups is 1. The van der Waals surface area contributed by atoms with E-state index in [1.165, 1.54) is 25.0 Å². The van der Waals surface area contributed by atoms with E-state index in [1.54, 1.807) is 29.2 Å². The predicted molar refractivity (Wildman–Crippen MR) is 177 cm³/mol. The van der Waals surface area contributed by atoms with E-state index in [2.05, 4.69) is 10.0 Å². The number of ether oxygens (including phenoxy) is 1. The minimum Gasteiger partial charge on any atom is -0.490 e. The highest BCUT2D eigenvalue weighted by Gasteiger charge is 2.52. The summed E-state index contributed by atoms with van der Waals surface area (Å²) in [6.45, 7) is 1.45. The van der Waals surface area contributed by atoms with Gasteiger partial charge in [0, 0.05) is 40.7 Å². The SMILES string of the molecule is O=C(C(NSc1ccc2cc(OC3CCCC3)ccc2c1)C(F)(F)c1ccc(-c2ccc(Cl)cc2)cc1)N1CCNC2(CC2)C1. The first kappa shape index (κ1) is 30.5. The number of nitrogens with zero attached hydrogens (tertiary/aromatic N) is 1. The van der Waals surface area contributed by atoms with E-state index in [4.69, 9.17) is 16.3 Å². The fourth-order valence-corrected chi connectivity index (χ4v) is 7.40. The Hall–Kier alpha value is -3.17. The van der Waals surface area contributed by atoms with Gasteiger partial charge in [-0.2, -0.15) is 8.78 Å². The third kappa shape index (κ3) is 6.70. The van der Waals surface area contributed by atoms with Crippen molar-refractivity contribution in [3.05, 3.63) is 95.5 Å². The summed E-state index contributed by atoms with van der Waals surface area (Å²) < 4.78 is 41.9. The van der Waals surface area contributed by atoms with E-state index in [1.807, 2.05) is 48.5 Å². The van der Waals surface area contributed by atoms with Gasteiger partial charge in [-0.25, -0.2) is 4.72 Å². The molecule has 0 aromatic heterocycles. The molecule has 1 atom stereocenters.